The Balaban J connectivity index is 2.85. The fourth-order valence-corrected chi connectivity index (χ4v) is 3.70. The zero-order chi connectivity index (χ0) is 18.3. The lowest BCUT2D eigenvalue weighted by Crippen LogP contribution is -2.38. The van der Waals surface area contributed by atoms with Gasteiger partial charge in [-0.1, -0.05) is 92.8 Å². The predicted molar refractivity (Wildman–Crippen MR) is 100 cm³/mol. The quantitative estimate of drug-likeness (QED) is 0.327. The van der Waals surface area contributed by atoms with Gasteiger partial charge >= 0.3 is 0 Å². The molecule has 2 aromatic carbocycles. The van der Waals surface area contributed by atoms with Crippen LogP contribution in [0, 0.1) is 0 Å². The molecule has 2 rings (SSSR count). The van der Waals surface area contributed by atoms with Crippen LogP contribution >= 0.6 is 92.8 Å². The summed E-state index contributed by atoms with van der Waals surface area (Å²) in [5.41, 5.74) is -0.387. The van der Waals surface area contributed by atoms with Gasteiger partial charge < -0.3 is 9.90 Å². The molecule has 0 aliphatic rings. The molecule has 0 aliphatic carbocycles. The number of halogens is 8. The number of nitrogens with zero attached hydrogens (tertiary/aromatic N) is 1. The molecule has 11 heteroatoms. The van der Waals surface area contributed by atoms with Crippen molar-refractivity contribution in [3.63, 3.8) is 0 Å². The molecule has 0 spiro atoms. The fourth-order valence-electron chi connectivity index (χ4n) is 1.79. The molecule has 0 aliphatic heterocycles. The van der Waals surface area contributed by atoms with Crippen molar-refractivity contribution < 1.29 is 9.90 Å². The zero-order valence-electron chi connectivity index (χ0n) is 10.9. The highest BCUT2D eigenvalue weighted by Gasteiger charge is 2.27. The molecule has 3 nitrogen and oxygen atoms in total. The highest BCUT2D eigenvalue weighted by Crippen LogP contribution is 2.51. The molecule has 128 valence electrons. The van der Waals surface area contributed by atoms with Crippen LogP contribution in [0.25, 0.3) is 0 Å². The zero-order valence-corrected chi connectivity index (χ0v) is 17.0. The van der Waals surface area contributed by atoms with Crippen molar-refractivity contribution in [2.75, 3.05) is 4.90 Å². The SMILES string of the molecule is O=C([O-])N(c1ccc(Cl)c(Cl)c1Cl)c1c(Cl)c(Cl)c(Cl)c(Cl)c1Cl. The summed E-state index contributed by atoms with van der Waals surface area (Å²) in [5.74, 6) is 0. The van der Waals surface area contributed by atoms with Crippen LogP contribution in [0.1, 0.15) is 0 Å². The number of hydrogen-bond donors (Lipinski definition) is 0. The van der Waals surface area contributed by atoms with Gasteiger partial charge in [0, 0.05) is 0 Å². The molecule has 0 aromatic heterocycles. The third-order valence-electron chi connectivity index (χ3n) is 2.85. The minimum Gasteiger partial charge on any atom is -0.529 e. The monoisotopic (exact) mass is 484 g/mol. The van der Waals surface area contributed by atoms with Crippen LogP contribution in [0.2, 0.25) is 40.2 Å². The van der Waals surface area contributed by atoms with Crippen molar-refractivity contribution in [3.8, 4) is 0 Å². The van der Waals surface area contributed by atoms with Crippen LogP contribution in [0.15, 0.2) is 12.1 Å². The average Bonchev–Trinajstić information content (AvgIpc) is 2.53. The Labute approximate surface area is 176 Å². The maximum Gasteiger partial charge on any atom is 0.146 e. The van der Waals surface area contributed by atoms with Gasteiger partial charge in [-0.2, -0.15) is 0 Å². The van der Waals surface area contributed by atoms with Gasteiger partial charge in [-0.05, 0) is 12.1 Å². The van der Waals surface area contributed by atoms with Gasteiger partial charge in [0.1, 0.15) is 6.09 Å². The van der Waals surface area contributed by atoms with Gasteiger partial charge in [0.15, 0.2) is 0 Å². The second-order valence-electron chi connectivity index (χ2n) is 4.21. The number of rotatable bonds is 2. The molecule has 0 radical (unpaired) electrons. The van der Waals surface area contributed by atoms with E-state index >= 15 is 0 Å². The van der Waals surface area contributed by atoms with E-state index in [0.717, 1.165) is 0 Å². The Hall–Kier alpha value is 0.0300. The maximum atomic E-state index is 11.7. The Morgan fingerprint density at radius 1 is 0.708 bits per heavy atom. The number of carbonyl (C=O) groups is 1. The van der Waals surface area contributed by atoms with E-state index in [1.807, 2.05) is 0 Å². The highest BCUT2D eigenvalue weighted by atomic mass is 35.5. The second-order valence-corrected chi connectivity index (χ2v) is 7.27. The Bertz CT molecular complexity index is 826. The Morgan fingerprint density at radius 2 is 1.17 bits per heavy atom. The van der Waals surface area contributed by atoms with Gasteiger partial charge in [0.05, 0.1) is 51.6 Å². The van der Waals surface area contributed by atoms with Gasteiger partial charge in [-0.25, -0.2) is 0 Å². The van der Waals surface area contributed by atoms with Crippen molar-refractivity contribution in [2.24, 2.45) is 0 Å². The molecule has 0 atom stereocenters. The first-order valence-electron chi connectivity index (χ1n) is 5.75. The Morgan fingerprint density at radius 3 is 1.62 bits per heavy atom. The number of hydrogen-bond acceptors (Lipinski definition) is 2. The molecular weight excluding hydrogens is 486 g/mol. The van der Waals surface area contributed by atoms with E-state index < -0.39 is 6.09 Å². The van der Waals surface area contributed by atoms with Gasteiger partial charge in [0.2, 0.25) is 0 Å². The average molecular weight is 488 g/mol. The third kappa shape index (κ3) is 3.46. The normalized spacial score (nSPS) is 10.8. The van der Waals surface area contributed by atoms with Crippen molar-refractivity contribution in [3.05, 3.63) is 52.3 Å². The molecule has 0 fully saturated rings. The van der Waals surface area contributed by atoms with Gasteiger partial charge in [-0.3, -0.25) is 4.90 Å². The highest BCUT2D eigenvalue weighted by molar-refractivity contribution is 6.57. The van der Waals surface area contributed by atoms with Crippen LogP contribution < -0.4 is 10.0 Å². The number of anilines is 2. The summed E-state index contributed by atoms with van der Waals surface area (Å²) in [6.45, 7) is 0. The van der Waals surface area contributed by atoms with Crippen LogP contribution in [0.3, 0.4) is 0 Å². The van der Waals surface area contributed by atoms with Crippen molar-refractivity contribution in [2.45, 2.75) is 0 Å². The van der Waals surface area contributed by atoms with E-state index in [1.165, 1.54) is 12.1 Å². The number of amides is 1. The van der Waals surface area contributed by atoms with Crippen molar-refractivity contribution in [1.29, 1.82) is 0 Å². The standard InChI is InChI=1S/C13H3Cl8NO2/c14-3-1-2-4(6(16)5(3)15)22(13(23)24)12-10(20)8(18)7(17)9(19)11(12)21/h1-2H,(H,23,24)/p-1. The second kappa shape index (κ2) is 7.73. The van der Waals surface area contributed by atoms with Crippen LogP contribution in [-0.2, 0) is 0 Å². The number of carboxylic acid groups (broad SMARTS) is 1. The third-order valence-corrected chi connectivity index (χ3v) is 6.39. The van der Waals surface area contributed by atoms with Crippen molar-refractivity contribution >= 4 is 110 Å². The number of carbonyl (C=O) groups excluding carboxylic acids is 1. The molecule has 0 unspecified atom stereocenters. The smallest absolute Gasteiger partial charge is 0.146 e. The topological polar surface area (TPSA) is 43.4 Å². The summed E-state index contributed by atoms with van der Waals surface area (Å²) < 4.78 is 0. The van der Waals surface area contributed by atoms with E-state index in [2.05, 4.69) is 0 Å². The lowest BCUT2D eigenvalue weighted by atomic mass is 10.2. The van der Waals surface area contributed by atoms with Gasteiger partial charge in [-0.15, -0.1) is 0 Å². The van der Waals surface area contributed by atoms with Crippen LogP contribution in [0.4, 0.5) is 16.2 Å². The first kappa shape index (κ1) is 20.3. The summed E-state index contributed by atoms with van der Waals surface area (Å²) >= 11 is 47.9. The minimum atomic E-state index is -1.71. The molecule has 0 heterocycles. The van der Waals surface area contributed by atoms with Crippen LogP contribution in [0.5, 0.6) is 0 Å². The molecule has 0 saturated carbocycles. The lowest BCUT2D eigenvalue weighted by Gasteiger charge is -2.29. The summed E-state index contributed by atoms with van der Waals surface area (Å²) in [5, 5.41) is 10.6. The summed E-state index contributed by atoms with van der Waals surface area (Å²) in [6, 6.07) is 2.62. The first-order chi connectivity index (χ1) is 11.1. The Kier molecular flexibility index (Phi) is 6.55. The number of benzene rings is 2. The lowest BCUT2D eigenvalue weighted by molar-refractivity contribution is -0.245. The molecule has 0 saturated heterocycles. The molecule has 0 bridgehead atoms. The summed E-state index contributed by atoms with van der Waals surface area (Å²) in [7, 11) is 0. The van der Waals surface area contributed by atoms with E-state index in [9.17, 15) is 9.90 Å². The molecule has 2 aromatic rings. The maximum absolute atomic E-state index is 11.7. The summed E-state index contributed by atoms with van der Waals surface area (Å²) in [4.78, 5) is 12.3. The van der Waals surface area contributed by atoms with E-state index in [-0.39, 0.29) is 51.6 Å². The van der Waals surface area contributed by atoms with E-state index in [0.29, 0.717) is 4.90 Å². The summed E-state index contributed by atoms with van der Waals surface area (Å²) in [6.07, 6.45) is -1.71. The first-order valence-corrected chi connectivity index (χ1v) is 8.78. The van der Waals surface area contributed by atoms with Crippen molar-refractivity contribution in [1.82, 2.24) is 0 Å². The molecule has 24 heavy (non-hydrogen) atoms. The molecule has 1 amide bonds. The van der Waals surface area contributed by atoms with E-state index in [4.69, 9.17) is 92.8 Å². The largest absolute Gasteiger partial charge is 0.529 e. The van der Waals surface area contributed by atoms with Gasteiger partial charge in [0.25, 0.3) is 0 Å². The molecule has 0 N–H and O–H groups in total. The van der Waals surface area contributed by atoms with E-state index in [1.54, 1.807) is 0 Å². The fraction of sp³-hybridized carbons (Fsp3) is 0. The minimum absolute atomic E-state index is 0.0690. The molecular formula is C13H2Cl8NO2-. The predicted octanol–water partition coefficient (Wildman–Crippen LogP) is 7.40. The van der Waals surface area contributed by atoms with Crippen LogP contribution in [-0.4, -0.2) is 6.09 Å².